The van der Waals surface area contributed by atoms with E-state index in [-0.39, 0.29) is 4.90 Å². The topological polar surface area (TPSA) is 84.9 Å². The molecule has 2 unspecified atom stereocenters. The predicted molar refractivity (Wildman–Crippen MR) is 217 cm³/mol. The average molecular weight is 747 g/mol. The summed E-state index contributed by atoms with van der Waals surface area (Å²) in [5, 5.41) is 1.60. The Morgan fingerprint density at radius 3 is 1.64 bits per heavy atom. The lowest BCUT2D eigenvalue weighted by molar-refractivity contribution is 0.0332. The molecule has 0 bridgehead atoms. The fraction of sp³-hybridized carbons (Fsp3) is 0.250. The molecule has 0 heterocycles. The molecule has 5 aromatic carbocycles. The minimum absolute atomic E-state index is 0.00882. The third-order valence-corrected chi connectivity index (χ3v) is 15.6. The lowest BCUT2D eigenvalue weighted by atomic mass is 10.0. The maximum Gasteiger partial charge on any atom is 0.423 e. The largest absolute Gasteiger partial charge is 0.443 e. The van der Waals surface area contributed by atoms with Gasteiger partial charge in [0.25, 0.3) is 18.3 Å². The molecule has 5 rings (SSSR count). The average Bonchev–Trinajstić information content (AvgIpc) is 3.13. The molecule has 0 radical (unpaired) electrons. The maximum atomic E-state index is 15.0. The summed E-state index contributed by atoms with van der Waals surface area (Å²) in [6.45, 7) is 13.6. The van der Waals surface area contributed by atoms with Gasteiger partial charge < -0.3 is 9.16 Å². The van der Waals surface area contributed by atoms with Gasteiger partial charge in [0.15, 0.2) is 0 Å². The third-order valence-electron chi connectivity index (χ3n) is 8.89. The van der Waals surface area contributed by atoms with Crippen molar-refractivity contribution in [2.75, 3.05) is 0 Å². The number of hydrazine groups is 1. The highest BCUT2D eigenvalue weighted by molar-refractivity contribution is 7.89. The lowest BCUT2D eigenvalue weighted by Gasteiger charge is -2.47. The van der Waals surface area contributed by atoms with E-state index in [0.29, 0.717) is 0 Å². The fourth-order valence-corrected chi connectivity index (χ4v) is 12.5. The van der Waals surface area contributed by atoms with E-state index in [0.717, 1.165) is 31.5 Å². The number of hydrogen-bond donors (Lipinski definition) is 1. The Kier molecular flexibility index (Phi) is 12.2. The van der Waals surface area contributed by atoms with E-state index < -0.39 is 47.2 Å². The van der Waals surface area contributed by atoms with Crippen molar-refractivity contribution >= 4 is 40.9 Å². The molecule has 0 saturated heterocycles. The first-order valence-corrected chi connectivity index (χ1v) is 21.1. The molecular weight excluding hydrogens is 697 g/mol. The number of aryl methyl sites for hydroxylation is 1. The van der Waals surface area contributed by atoms with E-state index in [1.165, 1.54) is 0 Å². The maximum absolute atomic E-state index is 15.0. The highest BCUT2D eigenvalue weighted by Gasteiger charge is 2.53. The second kappa shape index (κ2) is 16.5. The first kappa shape index (κ1) is 39.4. The molecule has 9 heteroatoms. The molecule has 0 aliphatic heterocycles. The first-order valence-electron chi connectivity index (χ1n) is 17.8. The van der Waals surface area contributed by atoms with Gasteiger partial charge in [0.05, 0.1) is 17.0 Å². The molecule has 0 aromatic heterocycles. The lowest BCUT2D eigenvalue weighted by Crippen LogP contribution is -2.68. The summed E-state index contributed by atoms with van der Waals surface area (Å²) in [4.78, 5) is 13.7. The monoisotopic (exact) mass is 746 g/mol. The van der Waals surface area contributed by atoms with Crippen LogP contribution in [0, 0.1) is 6.92 Å². The van der Waals surface area contributed by atoms with Gasteiger partial charge in [-0.3, -0.25) is 0 Å². The van der Waals surface area contributed by atoms with E-state index in [1.807, 2.05) is 110 Å². The van der Waals surface area contributed by atoms with Crippen LogP contribution in [0.1, 0.15) is 64.3 Å². The Morgan fingerprint density at radius 2 is 1.17 bits per heavy atom. The Labute approximate surface area is 316 Å². The zero-order chi connectivity index (χ0) is 38.3. The summed E-state index contributed by atoms with van der Waals surface area (Å²) in [6.07, 6.45) is 1.82. The van der Waals surface area contributed by atoms with Crippen molar-refractivity contribution in [1.82, 2.24) is 9.84 Å². The molecule has 0 spiro atoms. The number of benzene rings is 5. The summed E-state index contributed by atoms with van der Waals surface area (Å²) >= 11 is 0. The molecular formula is C44H50N2O5SSi. The second-order valence-corrected chi connectivity index (χ2v) is 21.2. The van der Waals surface area contributed by atoms with Gasteiger partial charge in [-0.1, -0.05) is 176 Å². The molecule has 5 aromatic rings. The van der Waals surface area contributed by atoms with Crippen molar-refractivity contribution in [3.63, 3.8) is 0 Å². The van der Waals surface area contributed by atoms with Gasteiger partial charge in [-0.2, -0.15) is 0 Å². The van der Waals surface area contributed by atoms with Gasteiger partial charge in [-0.05, 0) is 66.4 Å². The normalized spacial score (nSPS) is 13.8. The van der Waals surface area contributed by atoms with E-state index in [4.69, 9.17) is 9.16 Å². The summed E-state index contributed by atoms with van der Waals surface area (Å²) < 4.78 is 44.6. The fourth-order valence-electron chi connectivity index (χ4n) is 6.44. The van der Waals surface area contributed by atoms with Crippen LogP contribution in [0.2, 0.25) is 5.04 Å². The number of sulfonamides is 1. The number of ether oxygens (including phenoxy) is 1. The molecule has 7 nitrogen and oxygen atoms in total. The van der Waals surface area contributed by atoms with Crippen molar-refractivity contribution in [2.45, 2.75) is 76.1 Å². The van der Waals surface area contributed by atoms with Crippen LogP contribution in [0.25, 0.3) is 6.08 Å². The van der Waals surface area contributed by atoms with Gasteiger partial charge in [-0.15, -0.1) is 0 Å². The SMILES string of the molecule is Cc1ccc(S(=O)(=O)N(NC(=O)OC(C)(C)C)C(/C=C/c2ccccc2)C(O[Si](c2ccccc2)(c2ccccc2)C(C)(C)C)c2ccccc2)cc1. The molecule has 2 atom stereocenters. The second-order valence-electron chi connectivity index (χ2n) is 15.1. The molecule has 1 amide bonds. The standard InChI is InChI=1S/C44H50N2O5SSi/c1-34-28-31-37(32-29-34)52(48,49)46(45-42(47)50-43(2,3)4)40(33-30-35-20-12-8-13-21-35)41(36-22-14-9-15-23-36)51-53(44(5,6)7,38-24-16-10-17-25-38)39-26-18-11-19-27-39/h8-33,40-41H,1-7H3,(H,45,47)/b33-30+. The number of carbonyl (C=O) groups excluding carboxylic acids is 1. The highest BCUT2D eigenvalue weighted by atomic mass is 32.2. The van der Waals surface area contributed by atoms with Crippen molar-refractivity contribution in [1.29, 1.82) is 0 Å². The molecule has 0 aliphatic rings. The van der Waals surface area contributed by atoms with Crippen LogP contribution < -0.4 is 15.8 Å². The number of nitrogens with zero attached hydrogens (tertiary/aromatic N) is 1. The van der Waals surface area contributed by atoms with Crippen LogP contribution >= 0.6 is 0 Å². The summed E-state index contributed by atoms with van der Waals surface area (Å²) in [7, 11) is -7.78. The third kappa shape index (κ3) is 9.41. The summed E-state index contributed by atoms with van der Waals surface area (Å²) in [5.41, 5.74) is 4.26. The van der Waals surface area contributed by atoms with Crippen LogP contribution in [-0.2, 0) is 19.2 Å². The zero-order valence-electron chi connectivity index (χ0n) is 31.6. The highest BCUT2D eigenvalue weighted by Crippen LogP contribution is 2.42. The van der Waals surface area contributed by atoms with Gasteiger partial charge in [-0.25, -0.2) is 18.6 Å². The Morgan fingerprint density at radius 1 is 0.698 bits per heavy atom. The summed E-state index contributed by atoms with van der Waals surface area (Å²) in [6, 6.07) is 45.1. The van der Waals surface area contributed by atoms with Crippen molar-refractivity contribution < 1.29 is 22.4 Å². The Hall–Kier alpha value is -4.80. The number of nitrogens with one attached hydrogen (secondary N) is 1. The minimum atomic E-state index is -4.44. The molecule has 0 saturated carbocycles. The quantitative estimate of drug-likeness (QED) is 0.102. The van der Waals surface area contributed by atoms with Gasteiger partial charge in [0.2, 0.25) is 0 Å². The smallest absolute Gasteiger partial charge is 0.423 e. The van der Waals surface area contributed by atoms with Crippen LogP contribution in [0.3, 0.4) is 0 Å². The van der Waals surface area contributed by atoms with Gasteiger partial charge >= 0.3 is 6.09 Å². The predicted octanol–water partition coefficient (Wildman–Crippen LogP) is 8.83. The van der Waals surface area contributed by atoms with Crippen LogP contribution in [-0.4, -0.2) is 38.9 Å². The van der Waals surface area contributed by atoms with Crippen LogP contribution in [0.15, 0.2) is 157 Å². The number of hydrogen-bond acceptors (Lipinski definition) is 5. The minimum Gasteiger partial charge on any atom is -0.443 e. The molecule has 0 fully saturated rings. The van der Waals surface area contributed by atoms with E-state index >= 15 is 8.42 Å². The Balaban J connectivity index is 1.84. The molecule has 1 N–H and O–H groups in total. The molecule has 53 heavy (non-hydrogen) atoms. The Bertz CT molecular complexity index is 2020. The van der Waals surface area contributed by atoms with Crippen LogP contribution in [0.4, 0.5) is 4.79 Å². The van der Waals surface area contributed by atoms with Crippen molar-refractivity contribution in [3.05, 3.63) is 168 Å². The van der Waals surface area contributed by atoms with Gasteiger partial charge in [0, 0.05) is 0 Å². The number of carbonyl (C=O) groups is 1. The van der Waals surface area contributed by atoms with E-state index in [2.05, 4.69) is 50.5 Å². The van der Waals surface area contributed by atoms with E-state index in [9.17, 15) is 4.79 Å². The molecule has 276 valence electrons. The van der Waals surface area contributed by atoms with Crippen molar-refractivity contribution in [2.24, 2.45) is 0 Å². The van der Waals surface area contributed by atoms with Crippen LogP contribution in [0.5, 0.6) is 0 Å². The van der Waals surface area contributed by atoms with Gasteiger partial charge in [0.1, 0.15) is 5.60 Å². The first-order chi connectivity index (χ1) is 25.1. The summed E-state index contributed by atoms with van der Waals surface area (Å²) in [5.74, 6) is 0. The number of rotatable bonds is 12. The number of amides is 1. The van der Waals surface area contributed by atoms with E-state index in [1.54, 1.807) is 51.1 Å². The van der Waals surface area contributed by atoms with Crippen molar-refractivity contribution in [3.8, 4) is 0 Å². The molecule has 0 aliphatic carbocycles. The zero-order valence-corrected chi connectivity index (χ0v) is 33.4.